The van der Waals surface area contributed by atoms with Crippen LogP contribution in [0.4, 0.5) is 4.39 Å². The number of thiophene rings is 1. The third-order valence-electron chi connectivity index (χ3n) is 9.13. The average molecular weight is 581 g/mol. The molecule has 0 saturated heterocycles. The third kappa shape index (κ3) is 7.09. The lowest BCUT2D eigenvalue weighted by molar-refractivity contribution is 0.176. The van der Waals surface area contributed by atoms with Gasteiger partial charge >= 0.3 is 0 Å². The first-order chi connectivity index (χ1) is 19.7. The fourth-order valence-electron chi connectivity index (χ4n) is 6.69. The van der Waals surface area contributed by atoms with E-state index in [2.05, 4.69) is 13.8 Å². The van der Waals surface area contributed by atoms with Gasteiger partial charge in [-0.05, 0) is 85.1 Å². The lowest BCUT2D eigenvalue weighted by Crippen LogP contribution is -2.16. The summed E-state index contributed by atoms with van der Waals surface area (Å²) in [6.07, 6.45) is 14.8. The van der Waals surface area contributed by atoms with Crippen LogP contribution in [-0.2, 0) is 4.74 Å². The second-order valence-corrected chi connectivity index (χ2v) is 13.7. The molecular weight excluding hydrogens is 535 g/mol. The molecule has 3 unspecified atom stereocenters. The number of phenolic OH excluding ortho intramolecular Hbond substituents is 1. The van der Waals surface area contributed by atoms with Crippen LogP contribution in [0.2, 0.25) is 0 Å². The molecule has 0 spiro atoms. The Bertz CT molecular complexity index is 1360. The molecule has 1 aromatic heterocycles. The zero-order valence-electron chi connectivity index (χ0n) is 24.9. The summed E-state index contributed by atoms with van der Waals surface area (Å²) in [5.74, 6) is 4.22. The van der Waals surface area contributed by atoms with Gasteiger partial charge in [0.05, 0.1) is 17.2 Å². The van der Waals surface area contributed by atoms with Gasteiger partial charge in [0.15, 0.2) is 5.75 Å². The molecule has 1 saturated carbocycles. The van der Waals surface area contributed by atoms with E-state index in [1.807, 2.05) is 32.1 Å². The molecule has 1 fully saturated rings. The highest BCUT2D eigenvalue weighted by atomic mass is 32.1. The summed E-state index contributed by atoms with van der Waals surface area (Å²) in [5, 5.41) is 22.6. The number of rotatable bonds is 10. The first-order valence-electron chi connectivity index (χ1n) is 15.4. The number of unbranched alkanes of at least 4 members (excludes halogenated alkanes) is 1. The lowest BCUT2D eigenvalue weighted by Gasteiger charge is -2.27. The minimum atomic E-state index is -0.921. The minimum Gasteiger partial charge on any atom is -0.508 e. The van der Waals surface area contributed by atoms with E-state index in [9.17, 15) is 14.6 Å². The van der Waals surface area contributed by atoms with Gasteiger partial charge in [-0.2, -0.15) is 0 Å². The summed E-state index contributed by atoms with van der Waals surface area (Å²) >= 11 is 1.41. The van der Waals surface area contributed by atoms with Crippen LogP contribution in [0.15, 0.2) is 64.9 Å². The molecule has 0 amide bonds. The Hall–Kier alpha value is -2.57. The van der Waals surface area contributed by atoms with Crippen LogP contribution in [0.25, 0.3) is 10.1 Å². The SMILES string of the molecule is CC1=C(C(O)c2sc3cc(O)ccc3c2OC2=CC=C(OCCCCC3CCC(C)CC3)CC2C)C(C)CC(F)=C1. The lowest BCUT2D eigenvalue weighted by atomic mass is 9.81. The van der Waals surface area contributed by atoms with Crippen molar-refractivity contribution >= 4 is 21.4 Å². The molecule has 3 aliphatic rings. The van der Waals surface area contributed by atoms with E-state index < -0.39 is 6.10 Å². The number of phenols is 1. The van der Waals surface area contributed by atoms with Crippen LogP contribution < -0.4 is 4.74 Å². The van der Waals surface area contributed by atoms with Gasteiger partial charge in [-0.15, -0.1) is 11.3 Å². The topological polar surface area (TPSA) is 58.9 Å². The van der Waals surface area contributed by atoms with E-state index in [1.54, 1.807) is 12.1 Å². The van der Waals surface area contributed by atoms with Crippen LogP contribution in [0.3, 0.4) is 0 Å². The summed E-state index contributed by atoms with van der Waals surface area (Å²) in [5.41, 5.74) is 1.56. The molecule has 222 valence electrons. The first-order valence-corrected chi connectivity index (χ1v) is 16.2. The summed E-state index contributed by atoms with van der Waals surface area (Å²) in [4.78, 5) is 0.675. The van der Waals surface area contributed by atoms with Crippen molar-refractivity contribution in [1.82, 2.24) is 0 Å². The summed E-state index contributed by atoms with van der Waals surface area (Å²) in [6, 6.07) is 5.18. The zero-order chi connectivity index (χ0) is 29.1. The normalized spacial score (nSPS) is 26.0. The van der Waals surface area contributed by atoms with Crippen LogP contribution >= 0.6 is 11.3 Å². The standard InChI is InChI=1S/C35H45FO4S/c1-21-8-10-25(11-9-21)7-5-6-16-39-28-13-15-30(22(2)19-28)40-34-29-14-12-27(37)20-31(29)41-35(34)33(38)32-23(3)17-26(36)18-24(32)4/h12-15,17,20-22,24-25,33,37-38H,5-11,16,18-19H2,1-4H3. The van der Waals surface area contributed by atoms with Gasteiger partial charge in [-0.25, -0.2) is 4.39 Å². The molecule has 0 bridgehead atoms. The maximum Gasteiger partial charge on any atom is 0.151 e. The fraction of sp³-hybridized carbons (Fsp3) is 0.543. The number of allylic oxidation sites excluding steroid dienone is 7. The average Bonchev–Trinajstić information content (AvgIpc) is 3.27. The van der Waals surface area contributed by atoms with Crippen molar-refractivity contribution in [2.75, 3.05) is 6.61 Å². The molecule has 41 heavy (non-hydrogen) atoms. The molecule has 2 N–H and O–H groups in total. The molecule has 3 aliphatic carbocycles. The molecule has 1 aromatic carbocycles. The number of hydrogen-bond donors (Lipinski definition) is 2. The number of fused-ring (bicyclic) bond motifs is 1. The smallest absolute Gasteiger partial charge is 0.151 e. The summed E-state index contributed by atoms with van der Waals surface area (Å²) in [6.45, 7) is 9.06. The predicted octanol–water partition coefficient (Wildman–Crippen LogP) is 10.0. The molecule has 0 aliphatic heterocycles. The number of aromatic hydroxyl groups is 1. The van der Waals surface area contributed by atoms with E-state index in [0.29, 0.717) is 10.6 Å². The molecule has 3 atom stereocenters. The van der Waals surface area contributed by atoms with Crippen molar-refractivity contribution in [2.45, 2.75) is 91.6 Å². The van der Waals surface area contributed by atoms with Gasteiger partial charge in [0.25, 0.3) is 0 Å². The van der Waals surface area contributed by atoms with Gasteiger partial charge in [-0.3, -0.25) is 0 Å². The van der Waals surface area contributed by atoms with Gasteiger partial charge in [0, 0.05) is 28.8 Å². The van der Waals surface area contributed by atoms with Crippen LogP contribution in [0.5, 0.6) is 11.5 Å². The maximum absolute atomic E-state index is 14.1. The van der Waals surface area contributed by atoms with Crippen LogP contribution in [0.1, 0.15) is 96.5 Å². The highest BCUT2D eigenvalue weighted by molar-refractivity contribution is 7.19. The molecule has 5 rings (SSSR count). The number of halogens is 1. The number of aliphatic hydroxyl groups is 1. The number of aliphatic hydroxyl groups excluding tert-OH is 1. The Morgan fingerprint density at radius 1 is 1.02 bits per heavy atom. The van der Waals surface area contributed by atoms with E-state index in [-0.39, 0.29) is 29.8 Å². The number of hydrogen-bond acceptors (Lipinski definition) is 5. The van der Waals surface area contributed by atoms with Crippen molar-refractivity contribution in [1.29, 1.82) is 0 Å². The number of benzene rings is 1. The van der Waals surface area contributed by atoms with Crippen molar-refractivity contribution < 1.29 is 24.1 Å². The molecule has 1 heterocycles. The molecular formula is C35H45FO4S. The van der Waals surface area contributed by atoms with Crippen LogP contribution in [0, 0.1) is 23.7 Å². The predicted molar refractivity (Wildman–Crippen MR) is 166 cm³/mol. The first kappa shape index (κ1) is 29.9. The minimum absolute atomic E-state index is 0.114. The Kier molecular flexibility index (Phi) is 9.60. The highest BCUT2D eigenvalue weighted by Crippen LogP contribution is 2.49. The largest absolute Gasteiger partial charge is 0.508 e. The van der Waals surface area contributed by atoms with Gasteiger partial charge in [0.2, 0.25) is 0 Å². The van der Waals surface area contributed by atoms with Gasteiger partial charge in [-0.1, -0.05) is 52.9 Å². The van der Waals surface area contributed by atoms with Crippen molar-refractivity contribution in [2.24, 2.45) is 23.7 Å². The maximum atomic E-state index is 14.1. The Labute approximate surface area is 248 Å². The second kappa shape index (κ2) is 13.2. The Balaban J connectivity index is 1.28. The van der Waals surface area contributed by atoms with Crippen LogP contribution in [-0.4, -0.2) is 16.8 Å². The zero-order valence-corrected chi connectivity index (χ0v) is 25.7. The highest BCUT2D eigenvalue weighted by Gasteiger charge is 2.31. The fourth-order valence-corrected chi connectivity index (χ4v) is 7.86. The number of ether oxygens (including phenoxy) is 2. The second-order valence-electron chi connectivity index (χ2n) is 12.6. The molecule has 4 nitrogen and oxygen atoms in total. The summed E-state index contributed by atoms with van der Waals surface area (Å²) in [7, 11) is 0. The van der Waals surface area contributed by atoms with Crippen molar-refractivity contribution in [3.05, 3.63) is 69.8 Å². The van der Waals surface area contributed by atoms with E-state index in [0.717, 1.165) is 64.0 Å². The molecule has 0 radical (unpaired) electrons. The third-order valence-corrected chi connectivity index (χ3v) is 10.3. The van der Waals surface area contributed by atoms with Crippen molar-refractivity contribution in [3.63, 3.8) is 0 Å². The van der Waals surface area contributed by atoms with Crippen molar-refractivity contribution in [3.8, 4) is 11.5 Å². The van der Waals surface area contributed by atoms with E-state index >= 15 is 0 Å². The molecule has 2 aromatic rings. The quantitative estimate of drug-likeness (QED) is 0.275. The van der Waals surface area contributed by atoms with Gasteiger partial charge in [0.1, 0.15) is 23.4 Å². The van der Waals surface area contributed by atoms with E-state index in [4.69, 9.17) is 9.47 Å². The monoisotopic (exact) mass is 580 g/mol. The Morgan fingerprint density at radius 2 is 1.80 bits per heavy atom. The Morgan fingerprint density at radius 3 is 2.54 bits per heavy atom. The molecule has 6 heteroatoms. The van der Waals surface area contributed by atoms with E-state index in [1.165, 1.54) is 55.9 Å². The summed E-state index contributed by atoms with van der Waals surface area (Å²) < 4.78 is 27.6. The van der Waals surface area contributed by atoms with Gasteiger partial charge < -0.3 is 19.7 Å².